The molecule has 100 valence electrons. The number of para-hydroxylation sites is 2. The lowest BCUT2D eigenvalue weighted by molar-refractivity contribution is 0.0995. The molecule has 1 heterocycles. The molecule has 0 aliphatic carbocycles. The van der Waals surface area contributed by atoms with Crippen molar-refractivity contribution in [1.29, 1.82) is 0 Å². The van der Waals surface area contributed by atoms with Crippen molar-refractivity contribution in [2.75, 3.05) is 17.7 Å². The van der Waals surface area contributed by atoms with Crippen LogP contribution in [0.4, 0.5) is 11.4 Å². The Morgan fingerprint density at radius 3 is 2.68 bits per heavy atom. The zero-order valence-electron chi connectivity index (χ0n) is 11.1. The van der Waals surface area contributed by atoms with E-state index in [0.717, 1.165) is 17.2 Å². The first-order chi connectivity index (χ1) is 9.02. The molecule has 0 saturated heterocycles. The topological polar surface area (TPSA) is 72.1 Å². The Morgan fingerprint density at radius 1 is 1.37 bits per heavy atom. The predicted molar refractivity (Wildman–Crippen MR) is 77.6 cm³/mol. The van der Waals surface area contributed by atoms with E-state index in [0.29, 0.717) is 16.3 Å². The number of benzene rings is 1. The Hall–Kier alpha value is -1.95. The number of hydrogen-bond donors (Lipinski definition) is 1. The van der Waals surface area contributed by atoms with E-state index < -0.39 is 0 Å². The molecule has 1 aromatic carbocycles. The van der Waals surface area contributed by atoms with Gasteiger partial charge in [0.05, 0.1) is 17.1 Å². The standard InChI is InChI=1S/C13H16N4OS/c1-8(2)11-12(19-16-15-11)13(18)17(3)10-7-5-4-6-9(10)14/h4-8H,14H2,1-3H3. The highest BCUT2D eigenvalue weighted by molar-refractivity contribution is 7.08. The molecule has 0 bridgehead atoms. The summed E-state index contributed by atoms with van der Waals surface area (Å²) < 4.78 is 3.88. The van der Waals surface area contributed by atoms with Crippen molar-refractivity contribution in [2.45, 2.75) is 19.8 Å². The summed E-state index contributed by atoms with van der Waals surface area (Å²) in [5.41, 5.74) is 7.88. The third-order valence-electron chi connectivity index (χ3n) is 2.86. The van der Waals surface area contributed by atoms with E-state index in [4.69, 9.17) is 5.73 Å². The molecule has 0 aliphatic heterocycles. The summed E-state index contributed by atoms with van der Waals surface area (Å²) in [4.78, 5) is 14.6. The van der Waals surface area contributed by atoms with Crippen molar-refractivity contribution in [3.63, 3.8) is 0 Å². The lowest BCUT2D eigenvalue weighted by Crippen LogP contribution is -2.27. The van der Waals surface area contributed by atoms with Crippen molar-refractivity contribution in [3.05, 3.63) is 34.8 Å². The highest BCUT2D eigenvalue weighted by atomic mass is 32.1. The number of hydrogen-bond acceptors (Lipinski definition) is 5. The summed E-state index contributed by atoms with van der Waals surface area (Å²) in [5.74, 6) is 0.0378. The summed E-state index contributed by atoms with van der Waals surface area (Å²) in [6.45, 7) is 3.98. The second-order valence-electron chi connectivity index (χ2n) is 4.56. The van der Waals surface area contributed by atoms with Crippen LogP contribution in [0.15, 0.2) is 24.3 Å². The molecule has 1 aromatic heterocycles. The minimum Gasteiger partial charge on any atom is -0.397 e. The van der Waals surface area contributed by atoms with Crippen LogP contribution in [0.5, 0.6) is 0 Å². The first-order valence-electron chi connectivity index (χ1n) is 5.97. The van der Waals surface area contributed by atoms with E-state index in [1.165, 1.54) is 4.90 Å². The Labute approximate surface area is 116 Å². The molecule has 2 rings (SSSR count). The summed E-state index contributed by atoms with van der Waals surface area (Å²) in [6, 6.07) is 7.28. The molecule has 0 aliphatic rings. The quantitative estimate of drug-likeness (QED) is 0.874. The van der Waals surface area contributed by atoms with Crippen LogP contribution >= 0.6 is 11.5 Å². The number of carbonyl (C=O) groups is 1. The molecule has 0 radical (unpaired) electrons. The molecular weight excluding hydrogens is 260 g/mol. The van der Waals surface area contributed by atoms with Gasteiger partial charge in [0, 0.05) is 7.05 Å². The largest absolute Gasteiger partial charge is 0.397 e. The fourth-order valence-corrected chi connectivity index (χ4v) is 2.57. The fraction of sp³-hybridized carbons (Fsp3) is 0.308. The number of nitrogens with zero attached hydrogens (tertiary/aromatic N) is 3. The van der Waals surface area contributed by atoms with E-state index in [9.17, 15) is 4.79 Å². The Kier molecular flexibility index (Phi) is 3.80. The number of amides is 1. The molecule has 2 aromatic rings. The molecule has 5 nitrogen and oxygen atoms in total. The molecule has 0 atom stereocenters. The second-order valence-corrected chi connectivity index (χ2v) is 5.32. The maximum absolute atomic E-state index is 12.5. The Bertz CT molecular complexity index is 594. The van der Waals surface area contributed by atoms with E-state index in [-0.39, 0.29) is 11.8 Å². The van der Waals surface area contributed by atoms with Gasteiger partial charge in [0.25, 0.3) is 5.91 Å². The van der Waals surface area contributed by atoms with Crippen molar-refractivity contribution in [1.82, 2.24) is 9.59 Å². The van der Waals surface area contributed by atoms with Gasteiger partial charge in [0.1, 0.15) is 4.88 Å². The average Bonchev–Trinajstić information content (AvgIpc) is 2.87. The SMILES string of the molecule is CC(C)c1nnsc1C(=O)N(C)c1ccccc1N. The van der Waals surface area contributed by atoms with E-state index in [1.54, 1.807) is 13.1 Å². The summed E-state index contributed by atoms with van der Waals surface area (Å²) in [5, 5.41) is 4.03. The summed E-state index contributed by atoms with van der Waals surface area (Å²) >= 11 is 1.12. The fourth-order valence-electron chi connectivity index (χ4n) is 1.78. The highest BCUT2D eigenvalue weighted by Crippen LogP contribution is 2.26. The second kappa shape index (κ2) is 5.36. The van der Waals surface area contributed by atoms with Gasteiger partial charge < -0.3 is 10.6 Å². The van der Waals surface area contributed by atoms with Gasteiger partial charge in [-0.05, 0) is 29.6 Å². The molecular formula is C13H16N4OS. The van der Waals surface area contributed by atoms with Gasteiger partial charge in [-0.3, -0.25) is 4.79 Å². The van der Waals surface area contributed by atoms with Gasteiger partial charge in [0.15, 0.2) is 0 Å². The van der Waals surface area contributed by atoms with Gasteiger partial charge in [-0.25, -0.2) is 0 Å². The van der Waals surface area contributed by atoms with E-state index in [2.05, 4.69) is 9.59 Å². The average molecular weight is 276 g/mol. The van der Waals surface area contributed by atoms with Crippen LogP contribution in [0.2, 0.25) is 0 Å². The molecule has 0 unspecified atom stereocenters. The lowest BCUT2D eigenvalue weighted by atomic mass is 10.1. The zero-order chi connectivity index (χ0) is 14.0. The third-order valence-corrected chi connectivity index (χ3v) is 3.59. The van der Waals surface area contributed by atoms with Gasteiger partial charge in [-0.1, -0.05) is 30.5 Å². The van der Waals surface area contributed by atoms with E-state index >= 15 is 0 Å². The summed E-state index contributed by atoms with van der Waals surface area (Å²) in [7, 11) is 1.71. The Balaban J connectivity index is 2.34. The van der Waals surface area contributed by atoms with Crippen molar-refractivity contribution < 1.29 is 4.79 Å². The van der Waals surface area contributed by atoms with E-state index in [1.807, 2.05) is 32.0 Å². The van der Waals surface area contributed by atoms with Crippen LogP contribution < -0.4 is 10.6 Å². The lowest BCUT2D eigenvalue weighted by Gasteiger charge is -2.18. The molecule has 6 heteroatoms. The minimum atomic E-state index is -0.128. The Morgan fingerprint density at radius 2 is 2.05 bits per heavy atom. The predicted octanol–water partition coefficient (Wildman–Crippen LogP) is 2.52. The number of carbonyl (C=O) groups excluding carboxylic acids is 1. The van der Waals surface area contributed by atoms with Crippen LogP contribution in [0, 0.1) is 0 Å². The molecule has 1 amide bonds. The maximum atomic E-state index is 12.5. The van der Waals surface area contributed by atoms with Gasteiger partial charge in [-0.15, -0.1) is 5.10 Å². The summed E-state index contributed by atoms with van der Waals surface area (Å²) in [6.07, 6.45) is 0. The van der Waals surface area contributed by atoms with Crippen molar-refractivity contribution >= 4 is 28.8 Å². The monoisotopic (exact) mass is 276 g/mol. The van der Waals surface area contributed by atoms with Crippen LogP contribution in [0.25, 0.3) is 0 Å². The first kappa shape index (κ1) is 13.5. The van der Waals surface area contributed by atoms with Crippen LogP contribution in [-0.4, -0.2) is 22.5 Å². The molecule has 0 spiro atoms. The molecule has 2 N–H and O–H groups in total. The minimum absolute atomic E-state index is 0.128. The number of rotatable bonds is 3. The molecule has 0 saturated carbocycles. The number of aromatic nitrogens is 2. The van der Waals surface area contributed by atoms with Crippen molar-refractivity contribution in [2.24, 2.45) is 0 Å². The molecule has 0 fully saturated rings. The molecule has 19 heavy (non-hydrogen) atoms. The number of nitrogens with two attached hydrogens (primary N) is 1. The number of anilines is 2. The third kappa shape index (κ3) is 2.58. The van der Waals surface area contributed by atoms with Gasteiger partial charge >= 0.3 is 0 Å². The van der Waals surface area contributed by atoms with Gasteiger partial charge in [-0.2, -0.15) is 0 Å². The maximum Gasteiger partial charge on any atom is 0.271 e. The van der Waals surface area contributed by atoms with Crippen LogP contribution in [-0.2, 0) is 0 Å². The normalized spacial score (nSPS) is 10.7. The first-order valence-corrected chi connectivity index (χ1v) is 6.74. The van der Waals surface area contributed by atoms with Crippen molar-refractivity contribution in [3.8, 4) is 0 Å². The zero-order valence-corrected chi connectivity index (χ0v) is 11.9. The van der Waals surface area contributed by atoms with Crippen LogP contribution in [0.3, 0.4) is 0 Å². The smallest absolute Gasteiger partial charge is 0.271 e. The van der Waals surface area contributed by atoms with Crippen LogP contribution in [0.1, 0.15) is 35.1 Å². The van der Waals surface area contributed by atoms with Gasteiger partial charge in [0.2, 0.25) is 0 Å². The number of nitrogen functional groups attached to an aromatic ring is 1. The highest BCUT2D eigenvalue weighted by Gasteiger charge is 2.23.